The van der Waals surface area contributed by atoms with Crippen LogP contribution in [0.15, 0.2) is 48.7 Å². The maximum Gasteiger partial charge on any atom is 0.494 e. The first-order valence-corrected chi connectivity index (χ1v) is 13.0. The topological polar surface area (TPSA) is 117 Å². The summed E-state index contributed by atoms with van der Waals surface area (Å²) in [6, 6.07) is 12.9. The van der Waals surface area contributed by atoms with Gasteiger partial charge in [0.25, 0.3) is 0 Å². The fraction of sp³-hybridized carbons (Fsp3) is 0.393. The van der Waals surface area contributed by atoms with Crippen LogP contribution < -0.4 is 15.7 Å². The number of aryl methyl sites for hydroxylation is 1. The van der Waals surface area contributed by atoms with Crippen LogP contribution in [0, 0.1) is 0 Å². The molecular formula is C28H31BN4O5. The molecule has 38 heavy (non-hydrogen) atoms. The first-order chi connectivity index (χ1) is 18.0. The SMILES string of the molecule is CC1(C)OB(c2ccc(-c3c[nH]c([C@@H]4Cc5cccc6c5N4C(=O)[C@@H](NC(=O)O)CC6)n3)cc2)OC1(C)C. The van der Waals surface area contributed by atoms with Gasteiger partial charge in [-0.05, 0) is 57.1 Å². The number of H-pyrrole nitrogens is 1. The van der Waals surface area contributed by atoms with Gasteiger partial charge in [0.05, 0.1) is 28.6 Å². The largest absolute Gasteiger partial charge is 0.494 e. The highest BCUT2D eigenvalue weighted by Crippen LogP contribution is 2.44. The van der Waals surface area contributed by atoms with Crippen molar-refractivity contribution in [3.05, 3.63) is 65.6 Å². The number of imidazole rings is 1. The highest BCUT2D eigenvalue weighted by molar-refractivity contribution is 6.62. The van der Waals surface area contributed by atoms with Gasteiger partial charge in [0.15, 0.2) is 0 Å². The van der Waals surface area contributed by atoms with Crippen LogP contribution in [-0.4, -0.2) is 51.4 Å². The molecule has 0 unspecified atom stereocenters. The van der Waals surface area contributed by atoms with E-state index >= 15 is 0 Å². The van der Waals surface area contributed by atoms with Gasteiger partial charge < -0.3 is 24.7 Å². The van der Waals surface area contributed by atoms with Gasteiger partial charge in [-0.1, -0.05) is 42.5 Å². The third kappa shape index (κ3) is 3.99. The minimum atomic E-state index is -1.20. The molecular weight excluding hydrogens is 483 g/mol. The van der Waals surface area contributed by atoms with E-state index in [0.29, 0.717) is 25.1 Å². The second kappa shape index (κ2) is 8.71. The molecule has 2 amide bonds. The van der Waals surface area contributed by atoms with Crippen molar-refractivity contribution in [1.82, 2.24) is 15.3 Å². The quantitative estimate of drug-likeness (QED) is 0.459. The molecule has 3 aromatic rings. The van der Waals surface area contributed by atoms with Crippen molar-refractivity contribution >= 4 is 30.3 Å². The number of nitrogens with one attached hydrogen (secondary N) is 2. The first kappa shape index (κ1) is 24.7. The normalized spacial score (nSPS) is 23.3. The third-order valence-corrected chi connectivity index (χ3v) is 8.35. The maximum atomic E-state index is 13.6. The molecule has 1 fully saturated rings. The fourth-order valence-electron chi connectivity index (χ4n) is 5.58. The summed E-state index contributed by atoms with van der Waals surface area (Å²) in [5, 5.41) is 11.7. The number of aromatic nitrogens is 2. The minimum Gasteiger partial charge on any atom is -0.465 e. The molecule has 0 radical (unpaired) electrons. The van der Waals surface area contributed by atoms with Crippen molar-refractivity contribution in [2.45, 2.75) is 70.2 Å². The van der Waals surface area contributed by atoms with Crippen LogP contribution in [0.5, 0.6) is 0 Å². The van der Waals surface area contributed by atoms with Crippen molar-refractivity contribution in [3.63, 3.8) is 0 Å². The zero-order valence-electron chi connectivity index (χ0n) is 21.9. The summed E-state index contributed by atoms with van der Waals surface area (Å²) in [5.74, 6) is 0.423. The van der Waals surface area contributed by atoms with E-state index in [4.69, 9.17) is 14.3 Å². The number of benzene rings is 2. The molecule has 0 spiro atoms. The molecule has 10 heteroatoms. The Bertz CT molecular complexity index is 1400. The van der Waals surface area contributed by atoms with Gasteiger partial charge in [-0.3, -0.25) is 9.69 Å². The van der Waals surface area contributed by atoms with Crippen LogP contribution in [0.25, 0.3) is 11.3 Å². The second-order valence-electron chi connectivity index (χ2n) is 11.3. The minimum absolute atomic E-state index is 0.245. The molecule has 1 aromatic heterocycles. The number of hydrogen-bond donors (Lipinski definition) is 3. The van der Waals surface area contributed by atoms with E-state index in [2.05, 4.69) is 10.3 Å². The lowest BCUT2D eigenvalue weighted by Crippen LogP contribution is -2.48. The van der Waals surface area contributed by atoms with Crippen LogP contribution in [-0.2, 0) is 26.9 Å². The van der Waals surface area contributed by atoms with E-state index in [1.54, 1.807) is 4.90 Å². The Morgan fingerprint density at radius 1 is 1.11 bits per heavy atom. The van der Waals surface area contributed by atoms with Crippen LogP contribution in [0.1, 0.15) is 57.1 Å². The standard InChI is InChI=1S/C28H31BN4O5/c1-27(2)28(3,4)38-29(37-27)19-11-8-16(9-12-19)21-15-30-24(31-21)22-14-18-7-5-6-17-10-13-20(32-26(35)36)25(34)33(22)23(17)18/h5-9,11-12,15,20,22,32H,10,13-14H2,1-4H3,(H,30,31)(H,35,36)/t20-,22-/m0/s1. The highest BCUT2D eigenvalue weighted by Gasteiger charge is 2.51. The van der Waals surface area contributed by atoms with Crippen molar-refractivity contribution < 1.29 is 24.0 Å². The number of carbonyl (C=O) groups is 2. The molecule has 6 rings (SSSR count). The van der Waals surface area contributed by atoms with E-state index in [9.17, 15) is 14.7 Å². The Morgan fingerprint density at radius 2 is 1.79 bits per heavy atom. The lowest BCUT2D eigenvalue weighted by atomic mass is 9.79. The smallest absolute Gasteiger partial charge is 0.465 e. The number of hydrogen-bond acceptors (Lipinski definition) is 5. The second-order valence-corrected chi connectivity index (χ2v) is 11.3. The van der Waals surface area contributed by atoms with Gasteiger partial charge in [0.2, 0.25) is 5.91 Å². The Hall–Kier alpha value is -3.63. The van der Waals surface area contributed by atoms with Gasteiger partial charge in [-0.15, -0.1) is 0 Å². The lowest BCUT2D eigenvalue weighted by Gasteiger charge is -2.32. The number of nitrogens with zero attached hydrogens (tertiary/aromatic N) is 2. The fourth-order valence-corrected chi connectivity index (χ4v) is 5.58. The molecule has 1 saturated heterocycles. The van der Waals surface area contributed by atoms with Crippen molar-refractivity contribution in [3.8, 4) is 11.3 Å². The molecule has 9 nitrogen and oxygen atoms in total. The van der Waals surface area contributed by atoms with Crippen LogP contribution in [0.2, 0.25) is 0 Å². The third-order valence-electron chi connectivity index (χ3n) is 8.35. The summed E-state index contributed by atoms with van der Waals surface area (Å²) < 4.78 is 12.3. The Labute approximate surface area is 221 Å². The molecule has 3 N–H and O–H groups in total. The summed E-state index contributed by atoms with van der Waals surface area (Å²) in [7, 11) is -0.434. The Morgan fingerprint density at radius 3 is 2.47 bits per heavy atom. The average Bonchev–Trinajstić information content (AvgIpc) is 3.53. The van der Waals surface area contributed by atoms with Gasteiger partial charge >= 0.3 is 13.2 Å². The maximum absolute atomic E-state index is 13.6. The molecule has 2 aromatic carbocycles. The number of anilines is 1. The molecule has 4 heterocycles. The molecule has 0 bridgehead atoms. The van der Waals surface area contributed by atoms with Crippen molar-refractivity contribution in [2.24, 2.45) is 0 Å². The Balaban J connectivity index is 1.27. The van der Waals surface area contributed by atoms with Gasteiger partial charge in [-0.25, -0.2) is 9.78 Å². The van der Waals surface area contributed by atoms with Crippen LogP contribution in [0.4, 0.5) is 10.5 Å². The summed E-state index contributed by atoms with van der Waals surface area (Å²) in [6.45, 7) is 8.13. The summed E-state index contributed by atoms with van der Waals surface area (Å²) >= 11 is 0. The first-order valence-electron chi connectivity index (χ1n) is 13.0. The summed E-state index contributed by atoms with van der Waals surface area (Å²) in [5.41, 5.74) is 4.83. The number of carbonyl (C=O) groups excluding carboxylic acids is 1. The van der Waals surface area contributed by atoms with Gasteiger partial charge in [0.1, 0.15) is 11.9 Å². The number of carboxylic acid groups (broad SMARTS) is 1. The molecule has 3 aliphatic rings. The van der Waals surface area contributed by atoms with Crippen LogP contribution >= 0.6 is 0 Å². The number of amides is 2. The van der Waals surface area contributed by atoms with Gasteiger partial charge in [0, 0.05) is 18.2 Å². The predicted molar refractivity (Wildman–Crippen MR) is 143 cm³/mol. The molecule has 0 saturated carbocycles. The highest BCUT2D eigenvalue weighted by atomic mass is 16.7. The summed E-state index contributed by atoms with van der Waals surface area (Å²) in [4.78, 5) is 34.8. The van der Waals surface area contributed by atoms with E-state index < -0.39 is 30.5 Å². The molecule has 196 valence electrons. The Kier molecular flexibility index (Phi) is 5.66. The average molecular weight is 514 g/mol. The molecule has 0 aliphatic carbocycles. The monoisotopic (exact) mass is 514 g/mol. The predicted octanol–water partition coefficient (Wildman–Crippen LogP) is 3.59. The summed E-state index contributed by atoms with van der Waals surface area (Å²) in [6.07, 6.45) is 2.31. The molecule has 2 atom stereocenters. The van der Waals surface area contributed by atoms with E-state index in [1.807, 2.05) is 76.4 Å². The van der Waals surface area contributed by atoms with Crippen molar-refractivity contribution in [1.29, 1.82) is 0 Å². The van der Waals surface area contributed by atoms with E-state index in [0.717, 1.165) is 33.5 Å². The lowest BCUT2D eigenvalue weighted by molar-refractivity contribution is -0.120. The number of aromatic amines is 1. The zero-order valence-corrected chi connectivity index (χ0v) is 21.9. The van der Waals surface area contributed by atoms with E-state index in [1.165, 1.54) is 0 Å². The van der Waals surface area contributed by atoms with Crippen LogP contribution in [0.3, 0.4) is 0 Å². The number of rotatable bonds is 4. The number of para-hydroxylation sites is 1. The van der Waals surface area contributed by atoms with E-state index in [-0.39, 0.29) is 11.9 Å². The van der Waals surface area contributed by atoms with Crippen molar-refractivity contribution in [2.75, 3.05) is 4.90 Å². The zero-order chi connectivity index (χ0) is 26.8. The molecule has 3 aliphatic heterocycles. The van der Waals surface area contributed by atoms with Gasteiger partial charge in [-0.2, -0.15) is 0 Å².